The van der Waals surface area contributed by atoms with Crippen molar-refractivity contribution in [1.29, 1.82) is 0 Å². The number of hydrazone groups is 1. The second-order valence-corrected chi connectivity index (χ2v) is 7.35. The molecule has 0 aliphatic heterocycles. The van der Waals surface area contributed by atoms with Gasteiger partial charge >= 0.3 is 0 Å². The van der Waals surface area contributed by atoms with E-state index in [1.54, 1.807) is 6.21 Å². The van der Waals surface area contributed by atoms with Crippen molar-refractivity contribution in [3.05, 3.63) is 76.3 Å². The highest BCUT2D eigenvalue weighted by atomic mass is 79.9. The summed E-state index contributed by atoms with van der Waals surface area (Å²) in [6.45, 7) is 4.15. The van der Waals surface area contributed by atoms with Crippen molar-refractivity contribution in [2.24, 2.45) is 5.10 Å². The Bertz CT molecular complexity index is 978. The second kappa shape index (κ2) is 8.82. The Kier molecular flexibility index (Phi) is 6.24. The van der Waals surface area contributed by atoms with Crippen molar-refractivity contribution in [3.63, 3.8) is 0 Å². The number of nitrogens with one attached hydrogen (secondary N) is 1. The van der Waals surface area contributed by atoms with Gasteiger partial charge in [-0.15, -0.1) is 0 Å². The summed E-state index contributed by atoms with van der Waals surface area (Å²) in [5.41, 5.74) is 4.66. The normalized spacial score (nSPS) is 11.3. The third-order valence-electron chi connectivity index (χ3n) is 4.20. The first-order chi connectivity index (χ1) is 13.0. The predicted molar refractivity (Wildman–Crippen MR) is 113 cm³/mol. The van der Waals surface area contributed by atoms with Crippen LogP contribution in [0.1, 0.15) is 30.9 Å². The van der Waals surface area contributed by atoms with E-state index in [1.807, 2.05) is 60.7 Å². The number of fused-ring (bicyclic) bond motifs is 1. The van der Waals surface area contributed by atoms with Crippen LogP contribution in [0.25, 0.3) is 10.8 Å². The molecule has 0 radical (unpaired) electrons. The van der Waals surface area contributed by atoms with Gasteiger partial charge in [0.25, 0.3) is 5.91 Å². The lowest BCUT2D eigenvalue weighted by Crippen LogP contribution is -2.24. The number of hydrogen-bond donors (Lipinski definition) is 1. The van der Waals surface area contributed by atoms with E-state index in [1.165, 1.54) is 5.56 Å². The van der Waals surface area contributed by atoms with Crippen LogP contribution in [-0.2, 0) is 4.79 Å². The Hall–Kier alpha value is -2.66. The molecule has 3 aromatic carbocycles. The smallest absolute Gasteiger partial charge is 0.277 e. The number of amides is 1. The molecule has 0 spiro atoms. The minimum atomic E-state index is -0.314. The SMILES string of the molecule is CC(C)c1ccc(OCC(=O)N/N=C/c2cccc3ccccc23)c(Br)c1. The summed E-state index contributed by atoms with van der Waals surface area (Å²) in [6.07, 6.45) is 1.65. The van der Waals surface area contributed by atoms with Gasteiger partial charge in [0.2, 0.25) is 0 Å². The van der Waals surface area contributed by atoms with Crippen LogP contribution in [-0.4, -0.2) is 18.7 Å². The zero-order valence-corrected chi connectivity index (χ0v) is 16.9. The Morgan fingerprint density at radius 2 is 1.93 bits per heavy atom. The third kappa shape index (κ3) is 4.95. The van der Waals surface area contributed by atoms with Crippen molar-refractivity contribution >= 4 is 38.8 Å². The molecule has 1 N–H and O–H groups in total. The maximum atomic E-state index is 12.0. The number of ether oxygens (including phenoxy) is 1. The fourth-order valence-corrected chi connectivity index (χ4v) is 3.22. The average molecular weight is 425 g/mol. The Morgan fingerprint density at radius 1 is 1.15 bits per heavy atom. The lowest BCUT2D eigenvalue weighted by atomic mass is 10.0. The number of carbonyl (C=O) groups is 1. The van der Waals surface area contributed by atoms with Gasteiger partial charge < -0.3 is 4.74 Å². The third-order valence-corrected chi connectivity index (χ3v) is 4.82. The monoisotopic (exact) mass is 424 g/mol. The van der Waals surface area contributed by atoms with Crippen molar-refractivity contribution in [3.8, 4) is 5.75 Å². The highest BCUT2D eigenvalue weighted by Crippen LogP contribution is 2.28. The minimum absolute atomic E-state index is 0.105. The topological polar surface area (TPSA) is 50.7 Å². The van der Waals surface area contributed by atoms with Gasteiger partial charge in [0.15, 0.2) is 6.61 Å². The van der Waals surface area contributed by atoms with E-state index >= 15 is 0 Å². The summed E-state index contributed by atoms with van der Waals surface area (Å²) in [7, 11) is 0. The van der Waals surface area contributed by atoms with E-state index in [0.29, 0.717) is 11.7 Å². The molecule has 0 saturated heterocycles. The van der Waals surface area contributed by atoms with Gasteiger partial charge in [-0.1, -0.05) is 62.4 Å². The molecule has 0 aliphatic carbocycles. The Labute approximate surface area is 167 Å². The Balaban J connectivity index is 1.57. The molecule has 3 aromatic rings. The molecule has 0 saturated carbocycles. The number of hydrogen-bond acceptors (Lipinski definition) is 3. The van der Waals surface area contributed by atoms with Crippen LogP contribution >= 0.6 is 15.9 Å². The zero-order valence-electron chi connectivity index (χ0n) is 15.3. The van der Waals surface area contributed by atoms with Crippen LogP contribution in [0.5, 0.6) is 5.75 Å². The highest BCUT2D eigenvalue weighted by molar-refractivity contribution is 9.10. The highest BCUT2D eigenvalue weighted by Gasteiger charge is 2.07. The van der Waals surface area contributed by atoms with E-state index in [4.69, 9.17) is 4.74 Å². The lowest BCUT2D eigenvalue weighted by molar-refractivity contribution is -0.123. The number of nitrogens with zero attached hydrogens (tertiary/aromatic N) is 1. The van der Waals surface area contributed by atoms with E-state index in [-0.39, 0.29) is 12.5 Å². The fourth-order valence-electron chi connectivity index (χ4n) is 2.71. The summed E-state index contributed by atoms with van der Waals surface area (Å²) in [4.78, 5) is 12.0. The van der Waals surface area contributed by atoms with Crippen LogP contribution in [0.15, 0.2) is 70.2 Å². The molecule has 0 atom stereocenters. The predicted octanol–water partition coefficient (Wildman–Crippen LogP) is 5.25. The van der Waals surface area contributed by atoms with Gasteiger partial charge in [-0.3, -0.25) is 4.79 Å². The summed E-state index contributed by atoms with van der Waals surface area (Å²) < 4.78 is 6.41. The first-order valence-electron chi connectivity index (χ1n) is 8.76. The first-order valence-corrected chi connectivity index (χ1v) is 9.56. The number of halogens is 1. The molecule has 0 heterocycles. The molecule has 1 amide bonds. The van der Waals surface area contributed by atoms with Gasteiger partial charge in [-0.05, 0) is 50.3 Å². The quantitative estimate of drug-likeness (QED) is 0.433. The number of benzene rings is 3. The fraction of sp³-hybridized carbons (Fsp3) is 0.182. The molecule has 5 heteroatoms. The van der Waals surface area contributed by atoms with Crippen molar-refractivity contribution in [2.45, 2.75) is 19.8 Å². The molecule has 3 rings (SSSR count). The summed E-state index contributed by atoms with van der Waals surface area (Å²) in [6, 6.07) is 19.9. The summed E-state index contributed by atoms with van der Waals surface area (Å²) in [5, 5.41) is 6.26. The van der Waals surface area contributed by atoms with E-state index in [9.17, 15) is 4.79 Å². The first kappa shape index (κ1) is 19.1. The van der Waals surface area contributed by atoms with E-state index < -0.39 is 0 Å². The summed E-state index contributed by atoms with van der Waals surface area (Å²) >= 11 is 3.49. The van der Waals surface area contributed by atoms with Crippen molar-refractivity contribution in [2.75, 3.05) is 6.61 Å². The van der Waals surface area contributed by atoms with Gasteiger partial charge in [-0.25, -0.2) is 5.43 Å². The molecule has 138 valence electrons. The molecule has 0 aromatic heterocycles. The largest absolute Gasteiger partial charge is 0.483 e. The van der Waals surface area contributed by atoms with Gasteiger partial charge in [0.05, 0.1) is 10.7 Å². The van der Waals surface area contributed by atoms with Crippen LogP contribution in [0.4, 0.5) is 0 Å². The molecule has 4 nitrogen and oxygen atoms in total. The maximum absolute atomic E-state index is 12.0. The van der Waals surface area contributed by atoms with Gasteiger partial charge in [-0.2, -0.15) is 5.10 Å². The second-order valence-electron chi connectivity index (χ2n) is 6.49. The van der Waals surface area contributed by atoms with E-state index in [2.05, 4.69) is 40.3 Å². The van der Waals surface area contributed by atoms with Crippen LogP contribution in [0.3, 0.4) is 0 Å². The maximum Gasteiger partial charge on any atom is 0.277 e. The van der Waals surface area contributed by atoms with E-state index in [0.717, 1.165) is 20.8 Å². The van der Waals surface area contributed by atoms with Crippen molar-refractivity contribution < 1.29 is 9.53 Å². The number of carbonyl (C=O) groups excluding carboxylic acids is 1. The average Bonchev–Trinajstić information content (AvgIpc) is 2.67. The van der Waals surface area contributed by atoms with Crippen LogP contribution < -0.4 is 10.2 Å². The Morgan fingerprint density at radius 3 is 2.70 bits per heavy atom. The molecule has 0 unspecified atom stereocenters. The van der Waals surface area contributed by atoms with Crippen LogP contribution in [0, 0.1) is 0 Å². The zero-order chi connectivity index (χ0) is 19.2. The lowest BCUT2D eigenvalue weighted by Gasteiger charge is -2.10. The summed E-state index contributed by atoms with van der Waals surface area (Å²) in [5.74, 6) is 0.751. The molecular formula is C22H21BrN2O2. The standard InChI is InChI=1S/C22H21BrN2O2/c1-15(2)17-10-11-21(20(23)12-17)27-14-22(26)25-24-13-18-8-5-7-16-6-3-4-9-19(16)18/h3-13,15H,14H2,1-2H3,(H,25,26)/b24-13+. The molecular weight excluding hydrogens is 404 g/mol. The number of rotatable bonds is 6. The van der Waals surface area contributed by atoms with Gasteiger partial charge in [0.1, 0.15) is 5.75 Å². The van der Waals surface area contributed by atoms with Crippen LogP contribution in [0.2, 0.25) is 0 Å². The molecule has 27 heavy (non-hydrogen) atoms. The molecule has 0 aliphatic rings. The molecule has 0 bridgehead atoms. The van der Waals surface area contributed by atoms with Crippen molar-refractivity contribution in [1.82, 2.24) is 5.43 Å². The minimum Gasteiger partial charge on any atom is -0.483 e. The molecule has 0 fully saturated rings. The van der Waals surface area contributed by atoms with Gasteiger partial charge in [0, 0.05) is 5.56 Å².